The zero-order chi connectivity index (χ0) is 15.6. The third-order valence-electron chi connectivity index (χ3n) is 3.56. The maximum absolute atomic E-state index is 5.45. The SMILES string of the molecule is COc1ccccc1-c1ccnc2nc(-c3ccncc3)nn12. The molecule has 4 aromatic rings. The zero-order valence-corrected chi connectivity index (χ0v) is 12.4. The molecule has 0 unspecified atom stereocenters. The smallest absolute Gasteiger partial charge is 0.253 e. The molecule has 6 nitrogen and oxygen atoms in total. The van der Waals surface area contributed by atoms with Gasteiger partial charge in [0, 0.05) is 29.7 Å². The van der Waals surface area contributed by atoms with Gasteiger partial charge in [-0.25, -0.2) is 4.98 Å². The lowest BCUT2D eigenvalue weighted by molar-refractivity contribution is 0.416. The van der Waals surface area contributed by atoms with Crippen LogP contribution in [0.4, 0.5) is 0 Å². The number of hydrogen-bond donors (Lipinski definition) is 0. The van der Waals surface area contributed by atoms with Crippen LogP contribution in [0.5, 0.6) is 5.75 Å². The Hall–Kier alpha value is -3.28. The van der Waals surface area contributed by atoms with Gasteiger partial charge in [-0.05, 0) is 30.3 Å². The Kier molecular flexibility index (Phi) is 3.20. The molecular weight excluding hydrogens is 290 g/mol. The van der Waals surface area contributed by atoms with Gasteiger partial charge in [-0.15, -0.1) is 5.10 Å². The Bertz CT molecular complexity index is 965. The summed E-state index contributed by atoms with van der Waals surface area (Å²) in [4.78, 5) is 12.8. The first-order chi connectivity index (χ1) is 11.4. The molecule has 6 heteroatoms. The number of rotatable bonds is 3. The molecule has 0 N–H and O–H groups in total. The molecule has 0 saturated carbocycles. The van der Waals surface area contributed by atoms with E-state index in [1.54, 1.807) is 30.2 Å². The summed E-state index contributed by atoms with van der Waals surface area (Å²) in [7, 11) is 1.65. The summed E-state index contributed by atoms with van der Waals surface area (Å²) in [6.07, 6.45) is 5.16. The van der Waals surface area contributed by atoms with Crippen LogP contribution in [0.1, 0.15) is 0 Å². The third kappa shape index (κ3) is 2.30. The molecule has 1 aromatic carbocycles. The van der Waals surface area contributed by atoms with Crippen molar-refractivity contribution < 1.29 is 4.74 Å². The number of benzene rings is 1. The first kappa shape index (κ1) is 13.4. The van der Waals surface area contributed by atoms with Gasteiger partial charge >= 0.3 is 0 Å². The fourth-order valence-electron chi connectivity index (χ4n) is 2.48. The summed E-state index contributed by atoms with van der Waals surface area (Å²) in [6, 6.07) is 13.4. The first-order valence-corrected chi connectivity index (χ1v) is 7.12. The fourth-order valence-corrected chi connectivity index (χ4v) is 2.48. The van der Waals surface area contributed by atoms with E-state index in [0.717, 1.165) is 22.6 Å². The molecule has 0 radical (unpaired) electrons. The number of ether oxygens (including phenoxy) is 1. The molecule has 23 heavy (non-hydrogen) atoms. The molecule has 0 bridgehead atoms. The predicted molar refractivity (Wildman–Crippen MR) is 86.0 cm³/mol. The van der Waals surface area contributed by atoms with Gasteiger partial charge in [0.05, 0.1) is 12.8 Å². The van der Waals surface area contributed by atoms with Crippen molar-refractivity contribution in [3.63, 3.8) is 0 Å². The molecule has 0 spiro atoms. The Balaban J connectivity index is 1.93. The molecule has 3 aromatic heterocycles. The van der Waals surface area contributed by atoms with Gasteiger partial charge in [-0.3, -0.25) is 4.98 Å². The van der Waals surface area contributed by atoms with Crippen molar-refractivity contribution in [2.24, 2.45) is 0 Å². The lowest BCUT2D eigenvalue weighted by atomic mass is 10.1. The van der Waals surface area contributed by atoms with Crippen molar-refractivity contribution in [2.75, 3.05) is 7.11 Å². The van der Waals surface area contributed by atoms with Crippen LogP contribution >= 0.6 is 0 Å². The highest BCUT2D eigenvalue weighted by molar-refractivity contribution is 5.69. The second-order valence-electron chi connectivity index (χ2n) is 4.91. The highest BCUT2D eigenvalue weighted by atomic mass is 16.5. The quantitative estimate of drug-likeness (QED) is 0.582. The predicted octanol–water partition coefficient (Wildman–Crippen LogP) is 2.86. The highest BCUT2D eigenvalue weighted by Crippen LogP contribution is 2.29. The fraction of sp³-hybridized carbons (Fsp3) is 0.0588. The molecular formula is C17H13N5O. The van der Waals surface area contributed by atoms with Crippen molar-refractivity contribution in [3.8, 4) is 28.4 Å². The standard InChI is InChI=1S/C17H13N5O/c1-23-15-5-3-2-4-13(15)14-8-11-19-17-20-16(21-22(14)17)12-6-9-18-10-7-12/h2-11H,1H3. The Labute approximate surface area is 132 Å². The number of nitrogens with zero attached hydrogens (tertiary/aromatic N) is 5. The van der Waals surface area contributed by atoms with Gasteiger partial charge in [0.1, 0.15) is 5.75 Å². The normalized spacial score (nSPS) is 10.8. The van der Waals surface area contributed by atoms with E-state index in [1.165, 1.54) is 0 Å². The summed E-state index contributed by atoms with van der Waals surface area (Å²) < 4.78 is 7.18. The monoisotopic (exact) mass is 303 g/mol. The van der Waals surface area contributed by atoms with Crippen LogP contribution in [0.25, 0.3) is 28.4 Å². The lowest BCUT2D eigenvalue weighted by Crippen LogP contribution is -1.97. The van der Waals surface area contributed by atoms with Gasteiger partial charge in [-0.1, -0.05) is 12.1 Å². The van der Waals surface area contributed by atoms with Gasteiger partial charge in [-0.2, -0.15) is 9.50 Å². The van der Waals surface area contributed by atoms with Crippen LogP contribution < -0.4 is 4.74 Å². The minimum absolute atomic E-state index is 0.542. The molecule has 0 atom stereocenters. The number of methoxy groups -OCH3 is 1. The third-order valence-corrected chi connectivity index (χ3v) is 3.56. The summed E-state index contributed by atoms with van der Waals surface area (Å²) in [5, 5.41) is 4.59. The van der Waals surface area contributed by atoms with Crippen molar-refractivity contribution in [3.05, 3.63) is 61.1 Å². The second kappa shape index (κ2) is 5.49. The summed E-state index contributed by atoms with van der Waals surface area (Å²) in [6.45, 7) is 0. The van der Waals surface area contributed by atoms with Gasteiger partial charge in [0.15, 0.2) is 5.82 Å². The number of pyridine rings is 1. The summed E-state index contributed by atoms with van der Waals surface area (Å²) >= 11 is 0. The Morgan fingerprint density at radius 1 is 0.957 bits per heavy atom. The van der Waals surface area contributed by atoms with Crippen LogP contribution in [-0.4, -0.2) is 31.7 Å². The molecule has 3 heterocycles. The Morgan fingerprint density at radius 2 is 1.78 bits per heavy atom. The lowest BCUT2D eigenvalue weighted by Gasteiger charge is -2.08. The minimum atomic E-state index is 0.542. The number of aromatic nitrogens is 5. The van der Waals surface area contributed by atoms with E-state index in [2.05, 4.69) is 20.1 Å². The van der Waals surface area contributed by atoms with Crippen LogP contribution in [-0.2, 0) is 0 Å². The van der Waals surface area contributed by atoms with Crippen LogP contribution in [0.3, 0.4) is 0 Å². The number of fused-ring (bicyclic) bond motifs is 1. The van der Waals surface area contributed by atoms with Gasteiger partial charge in [0.2, 0.25) is 0 Å². The summed E-state index contributed by atoms with van der Waals surface area (Å²) in [5.41, 5.74) is 2.71. The molecule has 0 aliphatic carbocycles. The molecule has 0 aliphatic rings. The number of hydrogen-bond acceptors (Lipinski definition) is 5. The average Bonchev–Trinajstić information content (AvgIpc) is 3.07. The van der Waals surface area contributed by atoms with Crippen molar-refractivity contribution in [2.45, 2.75) is 0 Å². The van der Waals surface area contributed by atoms with Crippen molar-refractivity contribution >= 4 is 5.78 Å². The average molecular weight is 303 g/mol. The molecule has 0 amide bonds. The van der Waals surface area contributed by atoms with Crippen molar-refractivity contribution in [1.82, 2.24) is 24.6 Å². The van der Waals surface area contributed by atoms with Crippen LogP contribution in [0.2, 0.25) is 0 Å². The van der Waals surface area contributed by atoms with E-state index in [9.17, 15) is 0 Å². The number of para-hydroxylation sites is 1. The van der Waals surface area contributed by atoms with E-state index in [0.29, 0.717) is 11.6 Å². The van der Waals surface area contributed by atoms with Gasteiger partial charge in [0.25, 0.3) is 5.78 Å². The van der Waals surface area contributed by atoms with E-state index < -0.39 is 0 Å². The van der Waals surface area contributed by atoms with E-state index in [4.69, 9.17) is 4.74 Å². The summed E-state index contributed by atoms with van der Waals surface area (Å²) in [5.74, 6) is 1.93. The molecule has 0 saturated heterocycles. The second-order valence-corrected chi connectivity index (χ2v) is 4.91. The van der Waals surface area contributed by atoms with E-state index in [1.807, 2.05) is 42.5 Å². The molecule has 0 fully saturated rings. The molecule has 112 valence electrons. The molecule has 4 rings (SSSR count). The van der Waals surface area contributed by atoms with Crippen LogP contribution in [0.15, 0.2) is 61.1 Å². The Morgan fingerprint density at radius 3 is 2.61 bits per heavy atom. The molecule has 0 aliphatic heterocycles. The van der Waals surface area contributed by atoms with E-state index in [-0.39, 0.29) is 0 Å². The maximum atomic E-state index is 5.45. The zero-order valence-electron chi connectivity index (χ0n) is 12.4. The first-order valence-electron chi connectivity index (χ1n) is 7.12. The van der Waals surface area contributed by atoms with Gasteiger partial charge < -0.3 is 4.74 Å². The highest BCUT2D eigenvalue weighted by Gasteiger charge is 2.13. The maximum Gasteiger partial charge on any atom is 0.253 e. The van der Waals surface area contributed by atoms with Crippen molar-refractivity contribution in [1.29, 1.82) is 0 Å². The van der Waals surface area contributed by atoms with E-state index >= 15 is 0 Å². The minimum Gasteiger partial charge on any atom is -0.496 e. The van der Waals surface area contributed by atoms with Crippen LogP contribution in [0, 0.1) is 0 Å². The largest absolute Gasteiger partial charge is 0.496 e. The topological polar surface area (TPSA) is 65.2 Å².